The third-order valence-electron chi connectivity index (χ3n) is 8.65. The zero-order valence-corrected chi connectivity index (χ0v) is 23.7. The lowest BCUT2D eigenvalue weighted by Gasteiger charge is -2.39. The maximum atomic E-state index is 13.3. The van der Waals surface area contributed by atoms with Gasteiger partial charge in [-0.3, -0.25) is 4.79 Å². The second kappa shape index (κ2) is 11.2. The summed E-state index contributed by atoms with van der Waals surface area (Å²) >= 11 is 0. The Labute approximate surface area is 249 Å². The van der Waals surface area contributed by atoms with Crippen molar-refractivity contribution in [3.8, 4) is 0 Å². The van der Waals surface area contributed by atoms with Crippen molar-refractivity contribution < 1.29 is 14.3 Å². The van der Waals surface area contributed by atoms with Crippen LogP contribution in [0.15, 0.2) is 97.5 Å². The fraction of sp³-hybridized carbons (Fsp3) is 0.235. The number of aromatic nitrogens is 3. The zero-order valence-electron chi connectivity index (χ0n) is 23.7. The highest BCUT2D eigenvalue weighted by Crippen LogP contribution is 2.50. The molecule has 216 valence electrons. The molecule has 2 N–H and O–H groups in total. The summed E-state index contributed by atoms with van der Waals surface area (Å²) in [7, 11) is 0. The van der Waals surface area contributed by atoms with Crippen LogP contribution < -0.4 is 10.2 Å². The van der Waals surface area contributed by atoms with Crippen molar-refractivity contribution in [2.45, 2.75) is 31.4 Å². The number of hydrogen-bond donors (Lipinski definition) is 2. The molecule has 0 atom stereocenters. The van der Waals surface area contributed by atoms with Gasteiger partial charge >= 0.3 is 6.09 Å². The van der Waals surface area contributed by atoms with Gasteiger partial charge in [0, 0.05) is 49.0 Å². The van der Waals surface area contributed by atoms with E-state index in [1.165, 1.54) is 0 Å². The molecule has 2 aromatic heterocycles. The summed E-state index contributed by atoms with van der Waals surface area (Å²) in [5.41, 5.74) is 5.29. The van der Waals surface area contributed by atoms with Gasteiger partial charge in [-0.1, -0.05) is 60.7 Å². The van der Waals surface area contributed by atoms with Gasteiger partial charge in [-0.05, 0) is 53.8 Å². The highest BCUT2D eigenvalue weighted by Gasteiger charge is 2.47. The number of benzene rings is 3. The van der Waals surface area contributed by atoms with Crippen LogP contribution in [0.2, 0.25) is 0 Å². The molecule has 9 heteroatoms. The van der Waals surface area contributed by atoms with Gasteiger partial charge in [-0.25, -0.2) is 14.8 Å². The van der Waals surface area contributed by atoms with Gasteiger partial charge < -0.3 is 24.8 Å². The number of carbonyl (C=O) groups is 2. The number of carbonyl (C=O) groups excluding carboxylic acids is 2. The molecular formula is C34H32N6O3. The lowest BCUT2D eigenvalue weighted by molar-refractivity contribution is 0.0791. The van der Waals surface area contributed by atoms with Gasteiger partial charge in [0.2, 0.25) is 0 Å². The van der Waals surface area contributed by atoms with E-state index in [2.05, 4.69) is 25.2 Å². The minimum absolute atomic E-state index is 0.114. The normalized spacial score (nSPS) is 15.4. The van der Waals surface area contributed by atoms with E-state index >= 15 is 0 Å². The largest absolute Gasteiger partial charge is 0.445 e. The maximum Gasteiger partial charge on any atom is 0.410 e. The van der Waals surface area contributed by atoms with Crippen molar-refractivity contribution >= 4 is 34.5 Å². The van der Waals surface area contributed by atoms with Gasteiger partial charge in [0.1, 0.15) is 24.4 Å². The van der Waals surface area contributed by atoms with Crippen LogP contribution >= 0.6 is 0 Å². The number of H-pyrrole nitrogens is 1. The van der Waals surface area contributed by atoms with Crippen LogP contribution in [0.3, 0.4) is 0 Å². The zero-order chi connectivity index (χ0) is 29.2. The highest BCUT2D eigenvalue weighted by molar-refractivity contribution is 5.96. The quantitative estimate of drug-likeness (QED) is 0.270. The first kappa shape index (κ1) is 26.7. The number of aromatic amines is 1. The molecule has 2 amide bonds. The molecule has 5 aromatic rings. The van der Waals surface area contributed by atoms with Crippen molar-refractivity contribution in [3.05, 3.63) is 120 Å². The number of rotatable bonds is 6. The lowest BCUT2D eigenvalue weighted by atomic mass is 9.74. The Morgan fingerprint density at radius 3 is 2.42 bits per heavy atom. The van der Waals surface area contributed by atoms with E-state index < -0.39 is 0 Å². The topological polar surface area (TPSA) is 103 Å². The van der Waals surface area contributed by atoms with E-state index in [1.807, 2.05) is 91.1 Å². The molecular weight excluding hydrogens is 540 g/mol. The summed E-state index contributed by atoms with van der Waals surface area (Å²) < 4.78 is 5.64. The molecule has 0 bridgehead atoms. The van der Waals surface area contributed by atoms with Gasteiger partial charge in [-0.15, -0.1) is 0 Å². The molecule has 4 heterocycles. The standard InChI is InChI=1S/C34H32N6O3/c41-32(36-20-24-7-3-1-4-8-24)26-11-12-29-28(19-26)34(22-40(29)31-27-13-16-35-30(27)37-23-38-31)14-17-39(18-15-34)33(42)43-21-25-9-5-2-6-10-25/h1-13,16,19,23H,14-15,17-18,20-22H2,(H,36,41)(H,35,37,38). The molecule has 0 radical (unpaired) electrons. The number of nitrogens with one attached hydrogen (secondary N) is 2. The first-order chi connectivity index (χ1) is 21.1. The lowest BCUT2D eigenvalue weighted by Crippen LogP contribution is -2.47. The molecule has 1 saturated heterocycles. The first-order valence-corrected chi connectivity index (χ1v) is 14.6. The Morgan fingerprint density at radius 2 is 1.65 bits per heavy atom. The van der Waals surface area contributed by atoms with E-state index in [0.29, 0.717) is 31.7 Å². The minimum atomic E-state index is -0.298. The second-order valence-corrected chi connectivity index (χ2v) is 11.2. The van der Waals surface area contributed by atoms with Crippen molar-refractivity contribution in [3.63, 3.8) is 0 Å². The van der Waals surface area contributed by atoms with Gasteiger partial charge in [-0.2, -0.15) is 0 Å². The van der Waals surface area contributed by atoms with E-state index in [0.717, 1.165) is 52.1 Å². The number of likely N-dealkylation sites (tertiary alicyclic amines) is 1. The van der Waals surface area contributed by atoms with Crippen molar-refractivity contribution in [2.75, 3.05) is 24.5 Å². The smallest absolute Gasteiger partial charge is 0.410 e. The molecule has 3 aromatic carbocycles. The summed E-state index contributed by atoms with van der Waals surface area (Å²) in [4.78, 5) is 42.5. The fourth-order valence-corrected chi connectivity index (χ4v) is 6.31. The average Bonchev–Trinajstić information content (AvgIpc) is 3.67. The molecule has 1 spiro atoms. The molecule has 2 aliphatic rings. The molecule has 1 fully saturated rings. The maximum absolute atomic E-state index is 13.3. The monoisotopic (exact) mass is 572 g/mol. The number of ether oxygens (including phenoxy) is 1. The first-order valence-electron chi connectivity index (χ1n) is 14.6. The number of nitrogens with zero attached hydrogens (tertiary/aromatic N) is 4. The molecule has 0 unspecified atom stereocenters. The predicted octanol–water partition coefficient (Wildman–Crippen LogP) is 5.71. The van der Waals surface area contributed by atoms with Crippen LogP contribution in [0.5, 0.6) is 0 Å². The summed E-state index contributed by atoms with van der Waals surface area (Å²) in [6.07, 6.45) is 4.64. The van der Waals surface area contributed by atoms with E-state index in [4.69, 9.17) is 4.74 Å². The SMILES string of the molecule is O=C(NCc1ccccc1)c1ccc2c(c1)C1(CCN(C(=O)OCc3ccccc3)CC1)CN2c1ncnc2[nH]ccc12. The Bertz CT molecular complexity index is 1760. The fourth-order valence-electron chi connectivity index (χ4n) is 6.31. The molecule has 43 heavy (non-hydrogen) atoms. The van der Waals surface area contributed by atoms with E-state index in [1.54, 1.807) is 11.2 Å². The number of hydrogen-bond acceptors (Lipinski definition) is 6. The van der Waals surface area contributed by atoms with Crippen molar-refractivity contribution in [1.29, 1.82) is 0 Å². The number of fused-ring (bicyclic) bond motifs is 3. The molecule has 7 rings (SSSR count). The Balaban J connectivity index is 1.15. The number of piperidine rings is 1. The number of anilines is 2. The average molecular weight is 573 g/mol. The summed E-state index contributed by atoms with van der Waals surface area (Å²) in [5, 5.41) is 4.01. The van der Waals surface area contributed by atoms with Crippen LogP contribution in [-0.4, -0.2) is 51.5 Å². The second-order valence-electron chi connectivity index (χ2n) is 11.2. The van der Waals surface area contributed by atoms with Crippen LogP contribution in [0.4, 0.5) is 16.3 Å². The minimum Gasteiger partial charge on any atom is -0.445 e. The molecule has 0 aliphatic carbocycles. The van der Waals surface area contributed by atoms with Gasteiger partial charge in [0.05, 0.1) is 5.39 Å². The van der Waals surface area contributed by atoms with Crippen molar-refractivity contribution in [1.82, 2.24) is 25.2 Å². The molecule has 2 aliphatic heterocycles. The predicted molar refractivity (Wildman–Crippen MR) is 164 cm³/mol. The number of amides is 2. The van der Waals surface area contributed by atoms with Crippen LogP contribution in [0.25, 0.3) is 11.0 Å². The van der Waals surface area contributed by atoms with E-state index in [-0.39, 0.29) is 24.0 Å². The van der Waals surface area contributed by atoms with Gasteiger partial charge in [0.15, 0.2) is 0 Å². The summed E-state index contributed by atoms with van der Waals surface area (Å²) in [6.45, 7) is 2.53. The van der Waals surface area contributed by atoms with Crippen LogP contribution in [-0.2, 0) is 23.3 Å². The molecule has 0 saturated carbocycles. The van der Waals surface area contributed by atoms with Gasteiger partial charge in [0.25, 0.3) is 5.91 Å². The Morgan fingerprint density at radius 1 is 0.907 bits per heavy atom. The van der Waals surface area contributed by atoms with Crippen LogP contribution in [0, 0.1) is 0 Å². The van der Waals surface area contributed by atoms with E-state index in [9.17, 15) is 9.59 Å². The summed E-state index contributed by atoms with van der Waals surface area (Å²) in [6, 6.07) is 27.5. The Kier molecular flexibility index (Phi) is 6.98. The van der Waals surface area contributed by atoms with Crippen molar-refractivity contribution in [2.24, 2.45) is 0 Å². The highest BCUT2D eigenvalue weighted by atomic mass is 16.6. The third-order valence-corrected chi connectivity index (χ3v) is 8.65. The molecule has 9 nitrogen and oxygen atoms in total. The summed E-state index contributed by atoms with van der Waals surface area (Å²) in [5.74, 6) is 0.715. The van der Waals surface area contributed by atoms with Crippen LogP contribution in [0.1, 0.15) is 39.9 Å². The Hall–Kier alpha value is -5.18. The third kappa shape index (κ3) is 5.18.